The van der Waals surface area contributed by atoms with Gasteiger partial charge in [-0.25, -0.2) is 0 Å². The largest absolute Gasteiger partial charge is 0.0682 e. The fraction of sp³-hybridized carbons (Fsp3) is 0.270. The predicted octanol–water partition coefficient (Wildman–Crippen LogP) is 17.7. The first-order valence-electron chi connectivity index (χ1n) is 27.4. The summed E-state index contributed by atoms with van der Waals surface area (Å²) in [5, 5.41) is 5.28. The first-order chi connectivity index (χ1) is 35.3. The Morgan fingerprint density at radius 1 is 0.297 bits per heavy atom. The molecule has 0 aliphatic heterocycles. The molecular formula is C74H70. The van der Waals surface area contributed by atoms with E-state index < -0.39 is 0 Å². The Morgan fingerprint density at radius 2 is 0.608 bits per heavy atom. The molecule has 6 aliphatic carbocycles. The average Bonchev–Trinajstić information content (AvgIpc) is 3.94. The highest BCUT2D eigenvalue weighted by molar-refractivity contribution is 6.19. The summed E-state index contributed by atoms with van der Waals surface area (Å²) in [7, 11) is 0. The van der Waals surface area contributed by atoms with E-state index in [4.69, 9.17) is 0 Å². The van der Waals surface area contributed by atoms with E-state index >= 15 is 0 Å². The summed E-state index contributed by atoms with van der Waals surface area (Å²) in [4.78, 5) is 0. The topological polar surface area (TPSA) is 0 Å². The van der Waals surface area contributed by atoms with Gasteiger partial charge >= 0.3 is 0 Å². The zero-order valence-corrected chi connectivity index (χ0v) is 45.6. The summed E-state index contributed by atoms with van der Waals surface area (Å²) < 4.78 is 0. The quantitative estimate of drug-likeness (QED) is 0.165. The minimum Gasteiger partial charge on any atom is -0.0682 e. The van der Waals surface area contributed by atoms with Crippen molar-refractivity contribution in [1.29, 1.82) is 0 Å². The minimum atomic E-state index is -0.0380. The van der Waals surface area contributed by atoms with Gasteiger partial charge in [-0.3, -0.25) is 0 Å². The van der Waals surface area contributed by atoms with Gasteiger partial charge in [-0.05, 0) is 154 Å². The fourth-order valence-corrected chi connectivity index (χ4v) is 13.7. The molecule has 0 radical (unpaired) electrons. The highest BCUT2D eigenvalue weighted by atomic mass is 14.6. The lowest BCUT2D eigenvalue weighted by molar-refractivity contribution is 0.567. The van der Waals surface area contributed by atoms with Crippen LogP contribution in [0.15, 0.2) is 192 Å². The smallest absolute Gasteiger partial charge is 0.0212 e. The van der Waals surface area contributed by atoms with Crippen LogP contribution < -0.4 is 10.4 Å². The molecule has 7 aromatic carbocycles. The van der Waals surface area contributed by atoms with Crippen molar-refractivity contribution in [3.63, 3.8) is 0 Å². The third-order valence-electron chi connectivity index (χ3n) is 17.6. The molecule has 0 saturated heterocycles. The van der Waals surface area contributed by atoms with Crippen molar-refractivity contribution in [2.24, 2.45) is 23.7 Å². The maximum absolute atomic E-state index is 2.66. The van der Waals surface area contributed by atoms with Gasteiger partial charge in [0.15, 0.2) is 0 Å². The zero-order valence-electron chi connectivity index (χ0n) is 45.6. The highest BCUT2D eigenvalue weighted by Crippen LogP contribution is 2.69. The Balaban J connectivity index is 1.20. The van der Waals surface area contributed by atoms with Gasteiger partial charge in [-0.2, -0.15) is 0 Å². The molecule has 0 aromatic heterocycles. The number of hydrogen-bond donors (Lipinski definition) is 0. The SMILES string of the molecule is CC(C)(C)c1cc(C2=C3C4=CC=C5c6c(c(-c7ccccc7)c7ccccc7c6-c6ccccc6)C6=CC=C(C3=C(c3cc(C(C)(C)C)cc(C(C)(C)C)c3)C3C=c7ccccc7=CC23)C4C56)cc(C(C)(C)C)c1. The van der Waals surface area contributed by atoms with Gasteiger partial charge in [0.05, 0.1) is 0 Å². The number of allylic oxidation sites excluding steroid dienone is 12. The number of rotatable bonds is 4. The molecule has 2 unspecified atom stereocenters. The molecule has 1 fully saturated rings. The van der Waals surface area contributed by atoms with Crippen LogP contribution in [0.5, 0.6) is 0 Å². The first-order valence-corrected chi connectivity index (χ1v) is 27.4. The fourth-order valence-electron chi connectivity index (χ4n) is 13.7. The normalized spacial score (nSPS) is 20.6. The van der Waals surface area contributed by atoms with Gasteiger partial charge in [0.2, 0.25) is 0 Å². The molecule has 0 spiro atoms. The third kappa shape index (κ3) is 7.14. The Hall–Kier alpha value is -7.02. The molecule has 1 saturated carbocycles. The van der Waals surface area contributed by atoms with E-state index in [0.717, 1.165) is 0 Å². The van der Waals surface area contributed by atoms with Crippen LogP contribution in [-0.4, -0.2) is 0 Å². The lowest BCUT2D eigenvalue weighted by Crippen LogP contribution is -2.35. The van der Waals surface area contributed by atoms with Crippen molar-refractivity contribution in [3.8, 4) is 22.3 Å². The molecule has 74 heavy (non-hydrogen) atoms. The van der Waals surface area contributed by atoms with Gasteiger partial charge in [-0.1, -0.05) is 265 Å². The summed E-state index contributed by atoms with van der Waals surface area (Å²) in [6.07, 6.45) is 15.7. The average molecular weight is 959 g/mol. The lowest BCUT2D eigenvalue weighted by atomic mass is 9.64. The maximum atomic E-state index is 2.66. The van der Waals surface area contributed by atoms with Crippen LogP contribution in [0.2, 0.25) is 0 Å². The third-order valence-corrected chi connectivity index (χ3v) is 17.6. The molecule has 0 amide bonds. The Bertz CT molecular complexity index is 3580. The summed E-state index contributed by atoms with van der Waals surface area (Å²) in [5.41, 5.74) is 28.0. The molecule has 6 aliphatic rings. The predicted molar refractivity (Wildman–Crippen MR) is 317 cm³/mol. The van der Waals surface area contributed by atoms with E-state index in [1.165, 1.54) is 133 Å². The minimum absolute atomic E-state index is 0.0380. The molecule has 366 valence electrons. The molecule has 7 aromatic rings. The lowest BCUT2D eigenvalue weighted by Gasteiger charge is -2.39. The Morgan fingerprint density at radius 3 is 0.959 bits per heavy atom. The molecule has 0 heteroatoms. The van der Waals surface area contributed by atoms with E-state index in [-0.39, 0.29) is 45.3 Å². The molecule has 0 heterocycles. The van der Waals surface area contributed by atoms with Crippen LogP contribution in [0.1, 0.15) is 128 Å². The van der Waals surface area contributed by atoms with Gasteiger partial charge in [-0.15, -0.1) is 0 Å². The van der Waals surface area contributed by atoms with E-state index in [1.54, 1.807) is 0 Å². The summed E-state index contributed by atoms with van der Waals surface area (Å²) >= 11 is 0. The number of benzene rings is 7. The van der Waals surface area contributed by atoms with Crippen molar-refractivity contribution in [2.45, 2.75) is 105 Å². The molecule has 0 N–H and O–H groups in total. The van der Waals surface area contributed by atoms with Crippen molar-refractivity contribution in [1.82, 2.24) is 0 Å². The molecule has 13 rings (SSSR count). The first kappa shape index (κ1) is 46.7. The van der Waals surface area contributed by atoms with Crippen LogP contribution in [-0.2, 0) is 21.7 Å². The molecule has 0 nitrogen and oxygen atoms in total. The van der Waals surface area contributed by atoms with E-state index in [2.05, 4.69) is 265 Å². The van der Waals surface area contributed by atoms with Gasteiger partial charge in [0.25, 0.3) is 0 Å². The van der Waals surface area contributed by atoms with Crippen molar-refractivity contribution >= 4 is 45.2 Å². The van der Waals surface area contributed by atoms with Crippen molar-refractivity contribution in [3.05, 3.63) is 247 Å². The molecular weight excluding hydrogens is 889 g/mol. The van der Waals surface area contributed by atoms with Crippen LogP contribution in [0, 0.1) is 23.7 Å². The maximum Gasteiger partial charge on any atom is 0.0212 e. The second-order valence-corrected chi connectivity index (χ2v) is 26.4. The van der Waals surface area contributed by atoms with Crippen LogP contribution in [0.3, 0.4) is 0 Å². The van der Waals surface area contributed by atoms with Crippen LogP contribution in [0.25, 0.3) is 67.5 Å². The van der Waals surface area contributed by atoms with Gasteiger partial charge in [0, 0.05) is 23.7 Å². The van der Waals surface area contributed by atoms with Crippen LogP contribution >= 0.6 is 0 Å². The zero-order chi connectivity index (χ0) is 51.4. The van der Waals surface area contributed by atoms with Gasteiger partial charge in [0.1, 0.15) is 0 Å². The Kier molecular flexibility index (Phi) is 10.3. The molecule has 2 atom stereocenters. The second-order valence-electron chi connectivity index (χ2n) is 26.4. The van der Waals surface area contributed by atoms with E-state index in [0.29, 0.717) is 0 Å². The summed E-state index contributed by atoms with van der Waals surface area (Å²) in [6, 6.07) is 56.2. The van der Waals surface area contributed by atoms with Crippen molar-refractivity contribution in [2.75, 3.05) is 0 Å². The highest BCUT2D eigenvalue weighted by Gasteiger charge is 2.54. The number of hydrogen-bond acceptors (Lipinski definition) is 0. The number of fused-ring (bicyclic) bond motifs is 9. The van der Waals surface area contributed by atoms with Gasteiger partial charge < -0.3 is 0 Å². The standard InChI is InChI=1S/C74H70/c1-71(2,3)49-35-47(36-50(41-49)72(4,5)6)63-59-39-45-27-19-20-28-46(45)40-60(59)64(48-37-51(73(7,8)9)42-52(38-48)74(10,11)12)70-58-34-32-56-65-55(31-33-57(66(58)65)69(63)70)67-61(43-23-15-13-16-24-43)53-29-21-22-30-54(53)62(68(56)67)44-25-17-14-18-26-44/h13-42,59-60,65-66H,1-12H3. The summed E-state index contributed by atoms with van der Waals surface area (Å²) in [5.74, 6) is 0.524. The van der Waals surface area contributed by atoms with Crippen LogP contribution in [0.4, 0.5) is 0 Å². The summed E-state index contributed by atoms with van der Waals surface area (Å²) in [6.45, 7) is 28.7. The Labute approximate surface area is 440 Å². The monoisotopic (exact) mass is 959 g/mol. The van der Waals surface area contributed by atoms with E-state index in [9.17, 15) is 0 Å². The molecule has 0 bridgehead atoms. The van der Waals surface area contributed by atoms with E-state index in [1.807, 2.05) is 0 Å². The second kappa shape index (κ2) is 16.2. The van der Waals surface area contributed by atoms with Crippen molar-refractivity contribution < 1.29 is 0 Å².